The summed E-state index contributed by atoms with van der Waals surface area (Å²) < 4.78 is 18.3. The van der Waals surface area contributed by atoms with Crippen molar-refractivity contribution in [1.82, 2.24) is 20.1 Å². The molecule has 7 heteroatoms. The number of carbonyl (C=O) groups is 1. The number of piperidine rings is 1. The Hall–Kier alpha value is -2.28. The zero-order valence-electron chi connectivity index (χ0n) is 15.3. The third-order valence-corrected chi connectivity index (χ3v) is 5.10. The normalized spacial score (nSPS) is 16.0. The first-order valence-corrected chi connectivity index (χ1v) is 9.05. The van der Waals surface area contributed by atoms with E-state index in [-0.39, 0.29) is 17.4 Å². The number of likely N-dealkylation sites (tertiary alicyclic amines) is 1. The lowest BCUT2D eigenvalue weighted by Crippen LogP contribution is -2.40. The lowest BCUT2D eigenvalue weighted by atomic mass is 9.96. The molecule has 3 rings (SSSR count). The minimum Gasteiger partial charge on any atom is -0.340 e. The Kier molecular flexibility index (Phi) is 5.98. The lowest BCUT2D eigenvalue weighted by molar-refractivity contribution is 0.0729. The van der Waals surface area contributed by atoms with Gasteiger partial charge in [0.15, 0.2) is 5.69 Å². The molecule has 26 heavy (non-hydrogen) atoms. The smallest absolute Gasteiger partial charge is 0.277 e. The Balaban J connectivity index is 1.43. The van der Waals surface area contributed by atoms with Gasteiger partial charge in [0, 0.05) is 20.1 Å². The molecule has 1 aromatic heterocycles. The fraction of sp³-hybridized carbons (Fsp3) is 0.526. The summed E-state index contributed by atoms with van der Waals surface area (Å²) in [7, 11) is 1.79. The van der Waals surface area contributed by atoms with Gasteiger partial charge in [-0.1, -0.05) is 23.4 Å². The number of hydrogen-bond donors (Lipinski definition) is 0. The predicted molar refractivity (Wildman–Crippen MR) is 95.3 cm³/mol. The second-order valence-corrected chi connectivity index (χ2v) is 7.01. The molecule has 0 bridgehead atoms. The fourth-order valence-electron chi connectivity index (χ4n) is 3.45. The first-order valence-electron chi connectivity index (χ1n) is 9.05. The zero-order valence-corrected chi connectivity index (χ0v) is 15.3. The van der Waals surface area contributed by atoms with E-state index >= 15 is 0 Å². The fourth-order valence-corrected chi connectivity index (χ4v) is 3.45. The molecule has 1 saturated heterocycles. The first-order chi connectivity index (χ1) is 12.5. The molecule has 1 aromatic carbocycles. The Morgan fingerprint density at radius 3 is 2.69 bits per heavy atom. The number of aryl methyl sites for hydroxylation is 1. The van der Waals surface area contributed by atoms with Gasteiger partial charge in [-0.3, -0.25) is 4.79 Å². The maximum absolute atomic E-state index is 13.7. The Morgan fingerprint density at radius 2 is 2.04 bits per heavy atom. The van der Waals surface area contributed by atoms with Crippen molar-refractivity contribution in [3.8, 4) is 0 Å². The molecular weight excluding hydrogens is 335 g/mol. The number of nitrogens with zero attached hydrogens (tertiary/aromatic N) is 4. The van der Waals surface area contributed by atoms with Gasteiger partial charge >= 0.3 is 0 Å². The average molecular weight is 360 g/mol. The monoisotopic (exact) mass is 360 g/mol. The van der Waals surface area contributed by atoms with E-state index in [9.17, 15) is 9.18 Å². The van der Waals surface area contributed by atoms with E-state index in [2.05, 4.69) is 19.8 Å². The van der Waals surface area contributed by atoms with Crippen molar-refractivity contribution >= 4 is 5.91 Å². The van der Waals surface area contributed by atoms with Crippen molar-refractivity contribution in [3.63, 3.8) is 0 Å². The third kappa shape index (κ3) is 4.46. The summed E-state index contributed by atoms with van der Waals surface area (Å²) in [5.74, 6) is 0.194. The molecule has 1 amide bonds. The van der Waals surface area contributed by atoms with Crippen LogP contribution >= 0.6 is 0 Å². The van der Waals surface area contributed by atoms with E-state index in [1.807, 2.05) is 12.1 Å². The number of amides is 1. The number of benzene rings is 1. The molecule has 1 aliphatic heterocycles. The van der Waals surface area contributed by atoms with Gasteiger partial charge < -0.3 is 9.80 Å². The van der Waals surface area contributed by atoms with Gasteiger partial charge in [0.1, 0.15) is 11.5 Å². The maximum Gasteiger partial charge on any atom is 0.277 e. The molecule has 6 nitrogen and oxygen atoms in total. The molecule has 0 saturated carbocycles. The van der Waals surface area contributed by atoms with E-state index in [1.165, 1.54) is 6.07 Å². The summed E-state index contributed by atoms with van der Waals surface area (Å²) in [5.41, 5.74) is 1.58. The number of hydrogen-bond acceptors (Lipinski definition) is 5. The molecule has 1 aliphatic rings. The third-order valence-electron chi connectivity index (χ3n) is 5.10. The molecule has 2 heterocycles. The molecule has 0 unspecified atom stereocenters. The Bertz CT molecular complexity index is 741. The number of halogens is 1. The van der Waals surface area contributed by atoms with Gasteiger partial charge in [0.05, 0.1) is 0 Å². The van der Waals surface area contributed by atoms with Crippen LogP contribution in [0.15, 0.2) is 28.9 Å². The summed E-state index contributed by atoms with van der Waals surface area (Å²) in [6, 6.07) is 6.96. The predicted octanol–water partition coefficient (Wildman–Crippen LogP) is 2.54. The highest BCUT2D eigenvalue weighted by atomic mass is 19.1. The van der Waals surface area contributed by atoms with Crippen LogP contribution in [0.2, 0.25) is 0 Å². The molecule has 140 valence electrons. The van der Waals surface area contributed by atoms with Gasteiger partial charge in [0.25, 0.3) is 5.91 Å². The number of aromatic nitrogens is 2. The van der Waals surface area contributed by atoms with Crippen LogP contribution in [0.5, 0.6) is 0 Å². The van der Waals surface area contributed by atoms with Gasteiger partial charge in [-0.2, -0.15) is 0 Å². The summed E-state index contributed by atoms with van der Waals surface area (Å²) in [6.07, 6.45) is 2.80. The zero-order chi connectivity index (χ0) is 18.5. The molecule has 0 spiro atoms. The average Bonchev–Trinajstić information content (AvgIpc) is 3.07. The summed E-state index contributed by atoms with van der Waals surface area (Å²) in [6.45, 7) is 5.24. The van der Waals surface area contributed by atoms with Crippen LogP contribution in [-0.4, -0.2) is 59.2 Å². The molecule has 0 radical (unpaired) electrons. The van der Waals surface area contributed by atoms with E-state index in [0.29, 0.717) is 18.2 Å². The van der Waals surface area contributed by atoms with Crippen LogP contribution in [0.25, 0.3) is 0 Å². The first kappa shape index (κ1) is 18.5. The minimum atomic E-state index is -0.147. The molecule has 0 aliphatic carbocycles. The second-order valence-electron chi connectivity index (χ2n) is 7.01. The van der Waals surface area contributed by atoms with Crippen LogP contribution in [0.3, 0.4) is 0 Å². The van der Waals surface area contributed by atoms with Gasteiger partial charge in [-0.15, -0.1) is 0 Å². The summed E-state index contributed by atoms with van der Waals surface area (Å²) in [5, 5.41) is 7.35. The lowest BCUT2D eigenvalue weighted by Gasteiger charge is -2.33. The van der Waals surface area contributed by atoms with Crippen molar-refractivity contribution in [2.75, 3.05) is 33.2 Å². The standard InChI is InChI=1S/C19H25FN4O2/c1-14-18(22-26-21-14)19(25)23(2)13-15-7-10-24(11-8-15)12-9-16-5-3-4-6-17(16)20/h3-6,15H,7-13H2,1-2H3. The van der Waals surface area contributed by atoms with Crippen molar-refractivity contribution in [3.05, 3.63) is 47.0 Å². The van der Waals surface area contributed by atoms with E-state index in [4.69, 9.17) is 0 Å². The highest BCUT2D eigenvalue weighted by molar-refractivity contribution is 5.92. The van der Waals surface area contributed by atoms with Crippen molar-refractivity contribution in [2.45, 2.75) is 26.2 Å². The number of carbonyl (C=O) groups excluding carboxylic acids is 1. The molecular formula is C19H25FN4O2. The number of rotatable bonds is 6. The van der Waals surface area contributed by atoms with Gasteiger partial charge in [-0.05, 0) is 62.0 Å². The molecule has 1 fully saturated rings. The summed E-state index contributed by atoms with van der Waals surface area (Å²) in [4.78, 5) is 16.4. The van der Waals surface area contributed by atoms with Crippen molar-refractivity contribution in [2.24, 2.45) is 5.92 Å². The maximum atomic E-state index is 13.7. The van der Waals surface area contributed by atoms with E-state index in [0.717, 1.165) is 44.5 Å². The van der Waals surface area contributed by atoms with Crippen molar-refractivity contribution in [1.29, 1.82) is 0 Å². The quantitative estimate of drug-likeness (QED) is 0.792. The molecule has 0 atom stereocenters. The highest BCUT2D eigenvalue weighted by Gasteiger charge is 2.25. The summed E-state index contributed by atoms with van der Waals surface area (Å²) >= 11 is 0. The van der Waals surface area contributed by atoms with Crippen LogP contribution in [-0.2, 0) is 6.42 Å². The SMILES string of the molecule is Cc1nonc1C(=O)N(C)CC1CCN(CCc2ccccc2F)CC1. The van der Waals surface area contributed by atoms with Crippen LogP contribution in [0.1, 0.15) is 34.6 Å². The minimum absolute atomic E-state index is 0.125. The topological polar surface area (TPSA) is 62.5 Å². The van der Waals surface area contributed by atoms with Crippen LogP contribution in [0, 0.1) is 18.7 Å². The van der Waals surface area contributed by atoms with Crippen molar-refractivity contribution < 1.29 is 13.8 Å². The van der Waals surface area contributed by atoms with Crippen LogP contribution < -0.4 is 0 Å². The van der Waals surface area contributed by atoms with E-state index < -0.39 is 0 Å². The Labute approximate surface area is 152 Å². The largest absolute Gasteiger partial charge is 0.340 e. The second kappa shape index (κ2) is 8.40. The van der Waals surface area contributed by atoms with Crippen LogP contribution in [0.4, 0.5) is 4.39 Å². The van der Waals surface area contributed by atoms with Gasteiger partial charge in [-0.25, -0.2) is 9.02 Å². The van der Waals surface area contributed by atoms with E-state index in [1.54, 1.807) is 24.9 Å². The highest BCUT2D eigenvalue weighted by Crippen LogP contribution is 2.19. The van der Waals surface area contributed by atoms with Gasteiger partial charge in [0.2, 0.25) is 0 Å². The Morgan fingerprint density at radius 1 is 1.31 bits per heavy atom. The molecule has 0 N–H and O–H groups in total. The molecule has 2 aromatic rings.